The number of rotatable bonds is 3. The Morgan fingerprint density at radius 2 is 2.04 bits per heavy atom. The first kappa shape index (κ1) is 18.6. The molecule has 1 aromatic rings. The van der Waals surface area contributed by atoms with E-state index in [1.165, 1.54) is 12.1 Å². The molecule has 2 heterocycles. The second kappa shape index (κ2) is 8.42. The van der Waals surface area contributed by atoms with E-state index in [-0.39, 0.29) is 30.6 Å². The third-order valence-electron chi connectivity index (χ3n) is 4.53. The van der Waals surface area contributed by atoms with Crippen molar-refractivity contribution in [3.8, 4) is 0 Å². The van der Waals surface area contributed by atoms with Crippen LogP contribution in [0.2, 0.25) is 0 Å². The second-order valence-corrected chi connectivity index (χ2v) is 6.84. The van der Waals surface area contributed by atoms with Gasteiger partial charge < -0.3 is 10.2 Å². The number of likely N-dealkylation sites (tertiary alicyclic amines) is 1. The molecule has 2 aliphatic heterocycles. The fourth-order valence-corrected chi connectivity index (χ4v) is 3.65. The minimum atomic E-state index is -0.300. The van der Waals surface area contributed by atoms with E-state index in [4.69, 9.17) is 0 Å². The molecule has 23 heavy (non-hydrogen) atoms. The van der Waals surface area contributed by atoms with Crippen molar-refractivity contribution < 1.29 is 9.18 Å². The maximum Gasteiger partial charge on any atom is 0.227 e. The van der Waals surface area contributed by atoms with E-state index in [0.717, 1.165) is 55.7 Å². The molecular weight excluding hydrogens is 385 g/mol. The molecule has 2 saturated heterocycles. The van der Waals surface area contributed by atoms with E-state index in [1.54, 1.807) is 6.07 Å². The molecule has 4 nitrogen and oxygen atoms in total. The Kier molecular flexibility index (Phi) is 6.83. The second-order valence-electron chi connectivity index (χ2n) is 5.98. The minimum absolute atomic E-state index is 0. The summed E-state index contributed by atoms with van der Waals surface area (Å²) in [4.78, 5) is 16.9. The predicted octanol–water partition coefficient (Wildman–Crippen LogP) is 2.06. The number of hydrogen-bond donors (Lipinski definition) is 1. The minimum Gasteiger partial charge on any atom is -0.341 e. The zero-order valence-electron chi connectivity index (χ0n) is 12.9. The van der Waals surface area contributed by atoms with E-state index in [1.807, 2.05) is 4.90 Å². The number of carbonyl (C=O) groups is 1. The monoisotopic (exact) mass is 405 g/mol. The van der Waals surface area contributed by atoms with Gasteiger partial charge in [0.25, 0.3) is 0 Å². The smallest absolute Gasteiger partial charge is 0.227 e. The third-order valence-corrected chi connectivity index (χ3v) is 5.31. The van der Waals surface area contributed by atoms with Gasteiger partial charge >= 0.3 is 0 Å². The maximum atomic E-state index is 13.3. The standard InChI is InChI=1S/C16H21BrFN3O.ClH/c17-15-2-1-13(18)9-12(15)10-16(22)21-6-3-14(11-21)20-7-4-19-5-8-20;/h1-2,9,14,19H,3-8,10-11H2;1H. The molecule has 3 rings (SSSR count). The first-order chi connectivity index (χ1) is 10.6. The van der Waals surface area contributed by atoms with Crippen molar-refractivity contribution >= 4 is 34.2 Å². The van der Waals surface area contributed by atoms with Crippen LogP contribution < -0.4 is 5.32 Å². The van der Waals surface area contributed by atoms with Crippen molar-refractivity contribution in [2.45, 2.75) is 18.9 Å². The fourth-order valence-electron chi connectivity index (χ4n) is 3.27. The van der Waals surface area contributed by atoms with Crippen LogP contribution in [0.25, 0.3) is 0 Å². The van der Waals surface area contributed by atoms with Crippen LogP contribution in [0.1, 0.15) is 12.0 Å². The van der Waals surface area contributed by atoms with Crippen LogP contribution >= 0.6 is 28.3 Å². The van der Waals surface area contributed by atoms with Crippen molar-refractivity contribution in [2.24, 2.45) is 0 Å². The number of hydrogen-bond acceptors (Lipinski definition) is 3. The van der Waals surface area contributed by atoms with Crippen LogP contribution in [0.5, 0.6) is 0 Å². The van der Waals surface area contributed by atoms with Gasteiger partial charge in [-0.3, -0.25) is 9.69 Å². The summed E-state index contributed by atoms with van der Waals surface area (Å²) < 4.78 is 14.1. The van der Waals surface area contributed by atoms with Crippen molar-refractivity contribution in [2.75, 3.05) is 39.3 Å². The number of amides is 1. The molecule has 0 radical (unpaired) electrons. The molecule has 0 aromatic heterocycles. The van der Waals surface area contributed by atoms with Gasteiger partial charge in [0.2, 0.25) is 5.91 Å². The van der Waals surface area contributed by atoms with Gasteiger partial charge in [0, 0.05) is 49.8 Å². The number of benzene rings is 1. The van der Waals surface area contributed by atoms with Crippen molar-refractivity contribution in [3.63, 3.8) is 0 Å². The molecule has 2 aliphatic rings. The maximum absolute atomic E-state index is 13.3. The Hall–Kier alpha value is -0.690. The summed E-state index contributed by atoms with van der Waals surface area (Å²) >= 11 is 3.39. The third kappa shape index (κ3) is 4.66. The van der Waals surface area contributed by atoms with E-state index in [0.29, 0.717) is 6.04 Å². The van der Waals surface area contributed by atoms with Gasteiger partial charge in [-0.2, -0.15) is 0 Å². The summed E-state index contributed by atoms with van der Waals surface area (Å²) in [6.07, 6.45) is 1.29. The average Bonchev–Trinajstić information content (AvgIpc) is 3.02. The predicted molar refractivity (Wildman–Crippen MR) is 94.5 cm³/mol. The van der Waals surface area contributed by atoms with Crippen LogP contribution in [0.15, 0.2) is 22.7 Å². The van der Waals surface area contributed by atoms with Crippen molar-refractivity contribution in [1.82, 2.24) is 15.1 Å². The fraction of sp³-hybridized carbons (Fsp3) is 0.562. The largest absolute Gasteiger partial charge is 0.341 e. The molecule has 1 unspecified atom stereocenters. The molecule has 1 N–H and O–H groups in total. The van der Waals surface area contributed by atoms with Gasteiger partial charge in [0.15, 0.2) is 0 Å². The van der Waals surface area contributed by atoms with Crippen LogP contribution in [0, 0.1) is 5.82 Å². The summed E-state index contributed by atoms with van der Waals surface area (Å²) in [5.74, 6) is -0.213. The van der Waals surface area contributed by atoms with E-state index in [2.05, 4.69) is 26.1 Å². The van der Waals surface area contributed by atoms with Gasteiger partial charge in [-0.15, -0.1) is 12.4 Å². The zero-order valence-corrected chi connectivity index (χ0v) is 15.3. The average molecular weight is 407 g/mol. The highest BCUT2D eigenvalue weighted by Gasteiger charge is 2.30. The molecule has 1 atom stereocenters. The molecule has 0 spiro atoms. The highest BCUT2D eigenvalue weighted by atomic mass is 79.9. The van der Waals surface area contributed by atoms with Gasteiger partial charge in [-0.05, 0) is 30.2 Å². The lowest BCUT2D eigenvalue weighted by molar-refractivity contribution is -0.129. The van der Waals surface area contributed by atoms with Gasteiger partial charge in [0.05, 0.1) is 6.42 Å². The summed E-state index contributed by atoms with van der Waals surface area (Å²) in [6.45, 7) is 5.78. The normalized spacial score (nSPS) is 22.0. The summed E-state index contributed by atoms with van der Waals surface area (Å²) in [5, 5.41) is 3.35. The molecule has 0 bridgehead atoms. The van der Waals surface area contributed by atoms with Crippen LogP contribution in [0.3, 0.4) is 0 Å². The Balaban J connectivity index is 0.00000192. The van der Waals surface area contributed by atoms with E-state index < -0.39 is 0 Å². The molecule has 2 fully saturated rings. The van der Waals surface area contributed by atoms with Crippen LogP contribution in [-0.4, -0.2) is 61.0 Å². The number of halogens is 3. The number of nitrogens with one attached hydrogen (secondary N) is 1. The highest BCUT2D eigenvalue weighted by Crippen LogP contribution is 2.21. The topological polar surface area (TPSA) is 35.6 Å². The molecule has 128 valence electrons. The Bertz CT molecular complexity index is 554. The quantitative estimate of drug-likeness (QED) is 0.835. The molecule has 1 aromatic carbocycles. The molecule has 0 saturated carbocycles. The van der Waals surface area contributed by atoms with E-state index in [9.17, 15) is 9.18 Å². The lowest BCUT2D eigenvalue weighted by Crippen LogP contribution is -2.49. The first-order valence-corrected chi connectivity index (χ1v) is 8.59. The van der Waals surface area contributed by atoms with Crippen molar-refractivity contribution in [1.29, 1.82) is 0 Å². The molecular formula is C16H22BrClFN3O. The zero-order chi connectivity index (χ0) is 15.5. The van der Waals surface area contributed by atoms with Crippen LogP contribution in [-0.2, 0) is 11.2 Å². The number of carbonyl (C=O) groups excluding carboxylic acids is 1. The Morgan fingerprint density at radius 1 is 1.30 bits per heavy atom. The lowest BCUT2D eigenvalue weighted by atomic mass is 10.1. The first-order valence-electron chi connectivity index (χ1n) is 7.80. The van der Waals surface area contributed by atoms with E-state index >= 15 is 0 Å². The van der Waals surface area contributed by atoms with Crippen molar-refractivity contribution in [3.05, 3.63) is 34.1 Å². The molecule has 0 aliphatic carbocycles. The Labute approximate surface area is 150 Å². The lowest BCUT2D eigenvalue weighted by Gasteiger charge is -2.32. The summed E-state index contributed by atoms with van der Waals surface area (Å²) in [5.41, 5.74) is 0.718. The number of nitrogens with zero attached hydrogens (tertiary/aromatic N) is 2. The van der Waals surface area contributed by atoms with Crippen LogP contribution in [0.4, 0.5) is 4.39 Å². The Morgan fingerprint density at radius 3 is 2.78 bits per heavy atom. The van der Waals surface area contributed by atoms with Gasteiger partial charge in [-0.1, -0.05) is 15.9 Å². The van der Waals surface area contributed by atoms with Gasteiger partial charge in [-0.25, -0.2) is 4.39 Å². The molecule has 1 amide bonds. The summed E-state index contributed by atoms with van der Waals surface area (Å²) in [6, 6.07) is 4.97. The highest BCUT2D eigenvalue weighted by molar-refractivity contribution is 9.10. The van der Waals surface area contributed by atoms with Gasteiger partial charge in [0.1, 0.15) is 5.82 Å². The number of piperazine rings is 1. The summed E-state index contributed by atoms with van der Waals surface area (Å²) in [7, 11) is 0. The molecule has 7 heteroatoms. The SMILES string of the molecule is Cl.O=C(Cc1cc(F)ccc1Br)N1CCC(N2CCNCC2)C1.